The van der Waals surface area contributed by atoms with Crippen LogP contribution in [0.1, 0.15) is 99.5 Å². The van der Waals surface area contributed by atoms with Gasteiger partial charge in [0.15, 0.2) is 5.78 Å². The molecule has 0 saturated carbocycles. The molecule has 1 aromatic carbocycles. The molecule has 1 aliphatic rings. The molecular weight excluding hydrogens is 700 g/mol. The van der Waals surface area contributed by atoms with Crippen molar-refractivity contribution in [1.29, 1.82) is 0 Å². The summed E-state index contributed by atoms with van der Waals surface area (Å²) in [4.78, 5) is 73.6. The maximum absolute atomic E-state index is 14.4. The first-order valence-electron chi connectivity index (χ1n) is 20.4. The Morgan fingerprint density at radius 3 is 2.07 bits per heavy atom. The number of ketones is 1. The fourth-order valence-corrected chi connectivity index (χ4v) is 8.48. The Balaban J connectivity index is 2.28. The van der Waals surface area contributed by atoms with E-state index in [-0.39, 0.29) is 60.7 Å². The van der Waals surface area contributed by atoms with Crippen LogP contribution in [0.3, 0.4) is 0 Å². The molecule has 1 fully saturated rings. The fourth-order valence-electron chi connectivity index (χ4n) is 8.48. The van der Waals surface area contributed by atoms with Gasteiger partial charge in [-0.15, -0.1) is 0 Å². The van der Waals surface area contributed by atoms with Gasteiger partial charge >= 0.3 is 5.97 Å². The highest BCUT2D eigenvalue weighted by atomic mass is 16.5. The Labute approximate surface area is 331 Å². The maximum Gasteiger partial charge on any atom is 0.326 e. The topological polar surface area (TPSA) is 146 Å². The number of carboxylic acids is 1. The molecule has 9 atom stereocenters. The summed E-state index contributed by atoms with van der Waals surface area (Å²) in [6, 6.07) is 6.88. The quantitative estimate of drug-likeness (QED) is 0.143. The molecule has 12 heteroatoms. The van der Waals surface area contributed by atoms with E-state index in [0.717, 1.165) is 31.4 Å². The van der Waals surface area contributed by atoms with Crippen LogP contribution >= 0.6 is 0 Å². The molecule has 1 saturated heterocycles. The summed E-state index contributed by atoms with van der Waals surface area (Å²) >= 11 is 0. The van der Waals surface area contributed by atoms with Crippen LogP contribution in [0, 0.1) is 29.6 Å². The van der Waals surface area contributed by atoms with Crippen LogP contribution in [0.25, 0.3) is 0 Å². The lowest BCUT2D eigenvalue weighted by Gasteiger charge is -2.41. The van der Waals surface area contributed by atoms with Crippen molar-refractivity contribution in [2.24, 2.45) is 29.6 Å². The summed E-state index contributed by atoms with van der Waals surface area (Å²) in [7, 11) is 6.81. The number of carbonyl (C=O) groups is 5. The summed E-state index contributed by atoms with van der Waals surface area (Å²) in [6.45, 7) is 17.2. The smallest absolute Gasteiger partial charge is 0.326 e. The van der Waals surface area contributed by atoms with E-state index < -0.39 is 54.0 Å². The first-order chi connectivity index (χ1) is 25.9. The lowest BCUT2D eigenvalue weighted by Crippen LogP contribution is -2.55. The molecule has 55 heavy (non-hydrogen) atoms. The molecular formula is C43H72N4O8. The molecule has 2 N–H and O–H groups in total. The number of aliphatic carboxylic acids is 1. The van der Waals surface area contributed by atoms with E-state index in [9.17, 15) is 29.1 Å². The first kappa shape index (κ1) is 47.8. The zero-order chi connectivity index (χ0) is 41.6. The SMILES string of the molecule is CCCN(C)[C@H](C(=O)C[C@H](C(=O)N(C)[C@@H]([C@@H](C)CC)[C@@H](CC(=O)N1CCC[C@H]1[C@H](OC)[C@@H](C)C(=O)N[C@@H](Cc1ccccc1)C(=O)O)OC)C(C)C)C(C)C. The van der Waals surface area contributed by atoms with Crippen molar-refractivity contribution in [3.63, 3.8) is 0 Å². The molecule has 2 rings (SSSR count). The Kier molecular flexibility index (Phi) is 20.0. The second kappa shape index (κ2) is 23.0. The lowest BCUT2D eigenvalue weighted by molar-refractivity contribution is -0.149. The van der Waals surface area contributed by atoms with Crippen molar-refractivity contribution in [3.8, 4) is 0 Å². The molecule has 12 nitrogen and oxygen atoms in total. The fraction of sp³-hybridized carbons (Fsp3) is 0.744. The number of methoxy groups -OCH3 is 2. The number of carboxylic acid groups (broad SMARTS) is 1. The van der Waals surface area contributed by atoms with Crippen molar-refractivity contribution in [2.75, 3.05) is 41.4 Å². The molecule has 0 radical (unpaired) electrons. The number of carbonyl (C=O) groups excluding carboxylic acids is 4. The van der Waals surface area contributed by atoms with Gasteiger partial charge < -0.3 is 29.7 Å². The lowest BCUT2D eigenvalue weighted by atomic mass is 9.83. The number of Topliss-reactive ketones (excluding diaryl/α,β-unsaturated/α-hetero) is 1. The number of likely N-dealkylation sites (N-methyl/N-ethyl adjacent to an activating group) is 2. The second-order valence-electron chi connectivity index (χ2n) is 16.4. The highest BCUT2D eigenvalue weighted by Gasteiger charge is 2.43. The van der Waals surface area contributed by atoms with Gasteiger partial charge in [0.05, 0.1) is 42.7 Å². The summed E-state index contributed by atoms with van der Waals surface area (Å²) in [5, 5.41) is 12.6. The summed E-state index contributed by atoms with van der Waals surface area (Å²) in [5.41, 5.74) is 0.790. The van der Waals surface area contributed by atoms with Gasteiger partial charge in [0.2, 0.25) is 17.7 Å². The van der Waals surface area contributed by atoms with Gasteiger partial charge in [0.1, 0.15) is 6.04 Å². The van der Waals surface area contributed by atoms with Gasteiger partial charge in [-0.05, 0) is 56.2 Å². The molecule has 1 aromatic rings. The van der Waals surface area contributed by atoms with Gasteiger partial charge in [-0.25, -0.2) is 4.79 Å². The molecule has 3 amide bonds. The maximum atomic E-state index is 14.4. The zero-order valence-corrected chi connectivity index (χ0v) is 35.7. The third kappa shape index (κ3) is 13.1. The van der Waals surface area contributed by atoms with Crippen LogP contribution in [-0.4, -0.2) is 127 Å². The minimum absolute atomic E-state index is 0.0112. The van der Waals surface area contributed by atoms with Gasteiger partial charge in [-0.3, -0.25) is 24.1 Å². The number of amides is 3. The number of hydrogen-bond donors (Lipinski definition) is 2. The monoisotopic (exact) mass is 773 g/mol. The van der Waals surface area contributed by atoms with Crippen LogP contribution in [0.2, 0.25) is 0 Å². The van der Waals surface area contributed by atoms with Crippen LogP contribution in [0.4, 0.5) is 0 Å². The molecule has 0 aliphatic carbocycles. The van der Waals surface area contributed by atoms with E-state index in [0.29, 0.717) is 13.0 Å². The minimum atomic E-state index is -1.13. The second-order valence-corrected chi connectivity index (χ2v) is 16.4. The van der Waals surface area contributed by atoms with Crippen LogP contribution in [0.5, 0.6) is 0 Å². The van der Waals surface area contributed by atoms with Crippen molar-refractivity contribution in [2.45, 2.75) is 137 Å². The van der Waals surface area contributed by atoms with Crippen molar-refractivity contribution < 1.29 is 38.6 Å². The van der Waals surface area contributed by atoms with Crippen LogP contribution < -0.4 is 5.32 Å². The number of nitrogens with one attached hydrogen (secondary N) is 1. The first-order valence-corrected chi connectivity index (χ1v) is 20.4. The van der Waals surface area contributed by atoms with Crippen molar-refractivity contribution in [3.05, 3.63) is 35.9 Å². The predicted molar refractivity (Wildman–Crippen MR) is 215 cm³/mol. The predicted octanol–water partition coefficient (Wildman–Crippen LogP) is 5.32. The van der Waals surface area contributed by atoms with Crippen LogP contribution in [-0.2, 0) is 39.9 Å². The Hall–Kier alpha value is -3.35. The number of benzene rings is 1. The van der Waals surface area contributed by atoms with E-state index in [4.69, 9.17) is 9.47 Å². The highest BCUT2D eigenvalue weighted by molar-refractivity contribution is 5.90. The van der Waals surface area contributed by atoms with E-state index in [1.807, 2.05) is 72.0 Å². The van der Waals surface area contributed by atoms with Gasteiger partial charge in [-0.2, -0.15) is 0 Å². The average Bonchev–Trinajstić information content (AvgIpc) is 3.63. The third-order valence-electron chi connectivity index (χ3n) is 11.7. The summed E-state index contributed by atoms with van der Waals surface area (Å²) < 4.78 is 11.9. The highest BCUT2D eigenvalue weighted by Crippen LogP contribution is 2.31. The molecule has 1 heterocycles. The normalized spacial score (nSPS) is 19.0. The average molecular weight is 773 g/mol. The van der Waals surface area contributed by atoms with Gasteiger partial charge in [0.25, 0.3) is 0 Å². The number of ether oxygens (including phenoxy) is 2. The van der Waals surface area contributed by atoms with Crippen molar-refractivity contribution in [1.82, 2.24) is 20.0 Å². The van der Waals surface area contributed by atoms with E-state index in [2.05, 4.69) is 24.1 Å². The molecule has 0 bridgehead atoms. The molecule has 0 spiro atoms. The van der Waals surface area contributed by atoms with E-state index in [1.165, 1.54) is 7.11 Å². The van der Waals surface area contributed by atoms with E-state index in [1.54, 1.807) is 30.9 Å². The van der Waals surface area contributed by atoms with Gasteiger partial charge in [0, 0.05) is 46.6 Å². The van der Waals surface area contributed by atoms with E-state index >= 15 is 0 Å². The Morgan fingerprint density at radius 1 is 0.927 bits per heavy atom. The molecule has 0 unspecified atom stereocenters. The number of rotatable bonds is 24. The number of hydrogen-bond acceptors (Lipinski definition) is 8. The minimum Gasteiger partial charge on any atom is -0.480 e. The largest absolute Gasteiger partial charge is 0.480 e. The Morgan fingerprint density at radius 2 is 1.56 bits per heavy atom. The zero-order valence-electron chi connectivity index (χ0n) is 35.7. The molecule has 312 valence electrons. The molecule has 1 aliphatic heterocycles. The third-order valence-corrected chi connectivity index (χ3v) is 11.7. The molecule has 0 aromatic heterocycles. The van der Waals surface area contributed by atoms with Crippen molar-refractivity contribution >= 4 is 29.5 Å². The van der Waals surface area contributed by atoms with Crippen LogP contribution in [0.15, 0.2) is 30.3 Å². The summed E-state index contributed by atoms with van der Waals surface area (Å²) in [6.07, 6.45) is 1.99. The van der Waals surface area contributed by atoms with Gasteiger partial charge in [-0.1, -0.05) is 92.1 Å². The standard InChI is InChI=1S/C43H72N4O8/c1-13-22-45(9)38(28(5)6)35(48)25-32(27(3)4)42(51)46(10)39(29(7)14-2)36(54-11)26-37(49)47-23-18-21-34(47)40(55-12)30(8)41(50)44-33(43(52)53)24-31-19-16-15-17-20-31/h15-17,19-20,27-30,32-34,36,38-40H,13-14,18,21-26H2,1-12H3,(H,44,50)(H,52,53)/t29-,30+,32-,33-,34-,36+,38-,39-,40+/m0/s1. The Bertz CT molecular complexity index is 1370. The summed E-state index contributed by atoms with van der Waals surface area (Å²) in [5.74, 6) is -3.09. The number of likely N-dealkylation sites (tertiary alicyclic amines) is 1. The number of nitrogens with zero attached hydrogens (tertiary/aromatic N) is 3.